The minimum atomic E-state index is -0.644. The van der Waals surface area contributed by atoms with Crippen LogP contribution in [0.25, 0.3) is 5.76 Å². The highest BCUT2D eigenvalue weighted by Crippen LogP contribution is 2.41. The van der Waals surface area contributed by atoms with Gasteiger partial charge in [-0.2, -0.15) is 0 Å². The van der Waals surface area contributed by atoms with Gasteiger partial charge in [0.1, 0.15) is 11.5 Å². The van der Waals surface area contributed by atoms with Crippen LogP contribution in [-0.2, 0) is 9.59 Å². The molecule has 0 spiro atoms. The number of benzene rings is 1. The average molecular weight is 443 g/mol. The second kappa shape index (κ2) is 10.6. The minimum Gasteiger partial charge on any atom is -0.507 e. The van der Waals surface area contributed by atoms with Crippen LogP contribution in [0.1, 0.15) is 42.7 Å². The van der Waals surface area contributed by atoms with E-state index < -0.39 is 17.7 Å². The number of nitrogens with zero attached hydrogens (tertiary/aromatic N) is 2. The van der Waals surface area contributed by atoms with Gasteiger partial charge in [0.25, 0.3) is 11.7 Å². The van der Waals surface area contributed by atoms with Crippen molar-refractivity contribution in [2.45, 2.75) is 32.2 Å². The summed E-state index contributed by atoms with van der Waals surface area (Å²) in [6.07, 6.45) is 3.25. The molecule has 0 radical (unpaired) electrons. The van der Waals surface area contributed by atoms with Gasteiger partial charge in [-0.25, -0.2) is 0 Å². The second-order valence-corrected chi connectivity index (χ2v) is 8.87. The lowest BCUT2D eigenvalue weighted by molar-refractivity contribution is -0.140. The number of ketones is 1. The highest BCUT2D eigenvalue weighted by atomic mass is 32.1. The fraction of sp³-hybridized carbons (Fsp3) is 0.417. The first kappa shape index (κ1) is 23.0. The fourth-order valence-electron chi connectivity index (χ4n) is 3.57. The second-order valence-electron chi connectivity index (χ2n) is 7.89. The molecular formula is C24H30N2O4S. The molecule has 1 amide bonds. The molecule has 1 unspecified atom stereocenters. The molecular weight excluding hydrogens is 412 g/mol. The molecule has 2 aromatic rings. The third-order valence-electron chi connectivity index (χ3n) is 5.29. The third-order valence-corrected chi connectivity index (χ3v) is 6.21. The summed E-state index contributed by atoms with van der Waals surface area (Å²) in [7, 11) is 3.84. The molecule has 1 aromatic carbocycles. The van der Waals surface area contributed by atoms with Crippen LogP contribution >= 0.6 is 11.3 Å². The molecule has 31 heavy (non-hydrogen) atoms. The normalized spacial score (nSPS) is 18.2. The van der Waals surface area contributed by atoms with Crippen LogP contribution in [0.5, 0.6) is 5.75 Å². The summed E-state index contributed by atoms with van der Waals surface area (Å²) >= 11 is 1.47. The summed E-state index contributed by atoms with van der Waals surface area (Å²) in [5, 5.41) is 13.0. The molecule has 1 saturated heterocycles. The predicted molar refractivity (Wildman–Crippen MR) is 123 cm³/mol. The van der Waals surface area contributed by atoms with Crippen molar-refractivity contribution in [2.24, 2.45) is 0 Å². The van der Waals surface area contributed by atoms with E-state index in [4.69, 9.17) is 4.74 Å². The zero-order valence-corrected chi connectivity index (χ0v) is 19.2. The Kier molecular flexibility index (Phi) is 7.87. The highest BCUT2D eigenvalue weighted by Gasteiger charge is 2.46. The van der Waals surface area contributed by atoms with Crippen molar-refractivity contribution in [2.75, 3.05) is 33.8 Å². The van der Waals surface area contributed by atoms with Gasteiger partial charge in [-0.1, -0.05) is 25.8 Å². The van der Waals surface area contributed by atoms with Gasteiger partial charge in [-0.3, -0.25) is 9.59 Å². The van der Waals surface area contributed by atoms with E-state index in [1.165, 1.54) is 11.3 Å². The fourth-order valence-corrected chi connectivity index (χ4v) is 4.41. The van der Waals surface area contributed by atoms with E-state index in [0.717, 1.165) is 24.1 Å². The Morgan fingerprint density at radius 3 is 2.52 bits per heavy atom. The molecule has 0 saturated carbocycles. The lowest BCUT2D eigenvalue weighted by atomic mass is 10.00. The van der Waals surface area contributed by atoms with Crippen LogP contribution in [0.15, 0.2) is 47.4 Å². The van der Waals surface area contributed by atoms with Crippen molar-refractivity contribution in [3.05, 3.63) is 57.8 Å². The predicted octanol–water partition coefficient (Wildman–Crippen LogP) is 4.30. The van der Waals surface area contributed by atoms with E-state index in [9.17, 15) is 14.7 Å². The van der Waals surface area contributed by atoms with Crippen molar-refractivity contribution in [1.82, 2.24) is 9.80 Å². The molecule has 3 rings (SSSR count). The maximum absolute atomic E-state index is 12.9. The molecule has 6 nitrogen and oxygen atoms in total. The van der Waals surface area contributed by atoms with Gasteiger partial charge >= 0.3 is 0 Å². The zero-order chi connectivity index (χ0) is 22.4. The van der Waals surface area contributed by atoms with Gasteiger partial charge < -0.3 is 19.6 Å². The van der Waals surface area contributed by atoms with E-state index in [2.05, 4.69) is 6.92 Å². The van der Waals surface area contributed by atoms with E-state index >= 15 is 0 Å². The van der Waals surface area contributed by atoms with Crippen LogP contribution in [0, 0.1) is 0 Å². The Morgan fingerprint density at radius 1 is 1.16 bits per heavy atom. The molecule has 0 aliphatic carbocycles. The van der Waals surface area contributed by atoms with Crippen molar-refractivity contribution >= 4 is 28.8 Å². The number of likely N-dealkylation sites (N-methyl/N-ethyl adjacent to an activating group) is 1. The average Bonchev–Trinajstić information content (AvgIpc) is 3.37. The smallest absolute Gasteiger partial charge is 0.295 e. The number of unbranched alkanes of at least 4 members (excludes halogenated alkanes) is 2. The number of aliphatic hydroxyl groups is 1. The summed E-state index contributed by atoms with van der Waals surface area (Å²) in [6, 6.07) is 10.2. The first-order chi connectivity index (χ1) is 14.9. The minimum absolute atomic E-state index is 0.142. The molecule has 1 fully saturated rings. The number of ether oxygens (including phenoxy) is 1. The molecule has 166 valence electrons. The van der Waals surface area contributed by atoms with Gasteiger partial charge in [0.05, 0.1) is 18.2 Å². The molecule has 1 atom stereocenters. The lowest BCUT2D eigenvalue weighted by Crippen LogP contribution is -2.35. The van der Waals surface area contributed by atoms with Crippen molar-refractivity contribution in [1.29, 1.82) is 0 Å². The largest absolute Gasteiger partial charge is 0.507 e. The molecule has 1 aromatic heterocycles. The number of aliphatic hydroxyl groups excluding tert-OH is 1. The standard InChI is InChI=1S/C24H30N2O4S/c1-4-5-6-15-30-18-11-9-17(10-12-18)22(27)20-21(19-8-7-16-31-19)26(14-13-25(2)3)24(29)23(20)28/h7-12,16,21,27H,4-6,13-15H2,1-3H3/b22-20-. The van der Waals surface area contributed by atoms with Crippen LogP contribution in [-0.4, -0.2) is 60.4 Å². The van der Waals surface area contributed by atoms with Crippen LogP contribution in [0.3, 0.4) is 0 Å². The molecule has 1 N–H and O–H groups in total. The Hall–Kier alpha value is -2.64. The number of hydrogen-bond acceptors (Lipinski definition) is 6. The number of rotatable bonds is 10. The quantitative estimate of drug-likeness (QED) is 0.257. The first-order valence-corrected chi connectivity index (χ1v) is 11.5. The van der Waals surface area contributed by atoms with Gasteiger partial charge in [0.2, 0.25) is 0 Å². The summed E-state index contributed by atoms with van der Waals surface area (Å²) in [4.78, 5) is 30.1. The maximum atomic E-state index is 12.9. The van der Waals surface area contributed by atoms with E-state index in [-0.39, 0.29) is 11.3 Å². The SMILES string of the molecule is CCCCCOc1ccc(/C(O)=C2/C(=O)C(=O)N(CCN(C)C)C2c2cccs2)cc1. The molecule has 0 bridgehead atoms. The number of amides is 1. The summed E-state index contributed by atoms with van der Waals surface area (Å²) in [5.74, 6) is -0.650. The number of hydrogen-bond donors (Lipinski definition) is 1. The molecule has 7 heteroatoms. The zero-order valence-electron chi connectivity index (χ0n) is 18.3. The van der Waals surface area contributed by atoms with Crippen LogP contribution in [0.4, 0.5) is 0 Å². The van der Waals surface area contributed by atoms with Crippen molar-refractivity contribution in [3.63, 3.8) is 0 Å². The first-order valence-electron chi connectivity index (χ1n) is 10.6. The lowest BCUT2D eigenvalue weighted by Gasteiger charge is -2.25. The topological polar surface area (TPSA) is 70.1 Å². The molecule has 1 aliphatic heterocycles. The Balaban J connectivity index is 1.90. The number of carbonyl (C=O) groups is 2. The Morgan fingerprint density at radius 2 is 1.90 bits per heavy atom. The maximum Gasteiger partial charge on any atom is 0.295 e. The number of Topliss-reactive ketones (excluding diaryl/α,β-unsaturated/α-hetero) is 1. The van der Waals surface area contributed by atoms with E-state index in [0.29, 0.717) is 31.0 Å². The molecule has 2 heterocycles. The van der Waals surface area contributed by atoms with Gasteiger partial charge in [0.15, 0.2) is 0 Å². The highest BCUT2D eigenvalue weighted by molar-refractivity contribution is 7.10. The van der Waals surface area contributed by atoms with E-state index in [1.807, 2.05) is 36.5 Å². The van der Waals surface area contributed by atoms with Gasteiger partial charge in [-0.05, 0) is 56.2 Å². The molecule has 1 aliphatic rings. The summed E-state index contributed by atoms with van der Waals surface area (Å²) in [6.45, 7) is 3.82. The number of likely N-dealkylation sites (tertiary alicyclic amines) is 1. The Labute approximate surface area is 187 Å². The number of carbonyl (C=O) groups excluding carboxylic acids is 2. The summed E-state index contributed by atoms with van der Waals surface area (Å²) in [5.41, 5.74) is 0.635. The van der Waals surface area contributed by atoms with Gasteiger partial charge in [-0.15, -0.1) is 11.3 Å². The van der Waals surface area contributed by atoms with Crippen LogP contribution in [0.2, 0.25) is 0 Å². The van der Waals surface area contributed by atoms with Crippen molar-refractivity contribution < 1.29 is 19.4 Å². The monoisotopic (exact) mass is 442 g/mol. The van der Waals surface area contributed by atoms with Crippen molar-refractivity contribution in [3.8, 4) is 5.75 Å². The van der Waals surface area contributed by atoms with E-state index in [1.54, 1.807) is 29.2 Å². The van der Waals surface area contributed by atoms with Crippen LogP contribution < -0.4 is 4.74 Å². The summed E-state index contributed by atoms with van der Waals surface area (Å²) < 4.78 is 5.73. The van der Waals surface area contributed by atoms with Gasteiger partial charge in [0, 0.05) is 23.5 Å². The third kappa shape index (κ3) is 5.35. The Bertz CT molecular complexity index is 920. The number of thiophene rings is 1.